The van der Waals surface area contributed by atoms with Crippen LogP contribution < -0.4 is 5.32 Å². The first-order valence-corrected chi connectivity index (χ1v) is 5.73. The van der Waals surface area contributed by atoms with E-state index < -0.39 is 5.97 Å². The Labute approximate surface area is 111 Å². The van der Waals surface area contributed by atoms with E-state index in [0.717, 1.165) is 0 Å². The molecule has 0 bridgehead atoms. The van der Waals surface area contributed by atoms with Crippen LogP contribution in [0.15, 0.2) is 29.8 Å². The lowest BCUT2D eigenvalue weighted by molar-refractivity contribution is -0.137. The van der Waals surface area contributed by atoms with Crippen LogP contribution in [-0.4, -0.2) is 18.5 Å². The van der Waals surface area contributed by atoms with Crippen LogP contribution in [0, 0.1) is 11.3 Å². The molecule has 0 atom stereocenters. The third kappa shape index (κ3) is 4.64. The maximum atomic E-state index is 11.4. The molecule has 0 aliphatic heterocycles. The molecule has 1 aromatic carbocycles. The number of hydrogen-bond donors (Lipinski definition) is 1. The zero-order valence-electron chi connectivity index (χ0n) is 10.8. The van der Waals surface area contributed by atoms with Crippen LogP contribution in [0.1, 0.15) is 19.4 Å². The molecule has 0 saturated heterocycles. The van der Waals surface area contributed by atoms with E-state index in [1.54, 1.807) is 37.3 Å². The van der Waals surface area contributed by atoms with Crippen LogP contribution in [0.3, 0.4) is 0 Å². The number of benzene rings is 1. The Kier molecular flexibility index (Phi) is 5.30. The van der Waals surface area contributed by atoms with Crippen LogP contribution >= 0.6 is 0 Å². The molecule has 0 fully saturated rings. The number of nitrogens with one attached hydrogen (secondary N) is 1. The molecular formula is C14H14N2O3. The SMILES string of the molecule is CCOC(=O)/C(C#N)=C/c1ccc(NC(C)=O)cc1. The van der Waals surface area contributed by atoms with Crippen molar-refractivity contribution in [3.05, 3.63) is 35.4 Å². The normalized spacial score (nSPS) is 10.5. The zero-order valence-corrected chi connectivity index (χ0v) is 10.8. The number of amides is 1. The number of esters is 1. The van der Waals surface area contributed by atoms with Gasteiger partial charge in [0.15, 0.2) is 0 Å². The molecule has 19 heavy (non-hydrogen) atoms. The lowest BCUT2D eigenvalue weighted by Crippen LogP contribution is -2.06. The van der Waals surface area contributed by atoms with E-state index in [9.17, 15) is 9.59 Å². The number of nitriles is 1. The molecule has 0 saturated carbocycles. The Morgan fingerprint density at radius 1 is 1.37 bits per heavy atom. The average molecular weight is 258 g/mol. The Hall–Kier alpha value is -2.61. The Morgan fingerprint density at radius 3 is 2.47 bits per heavy atom. The number of hydrogen-bond acceptors (Lipinski definition) is 4. The second-order valence-electron chi connectivity index (χ2n) is 3.69. The van der Waals surface area contributed by atoms with Crippen molar-refractivity contribution in [2.45, 2.75) is 13.8 Å². The summed E-state index contributed by atoms with van der Waals surface area (Å²) in [5.41, 5.74) is 1.27. The topological polar surface area (TPSA) is 79.2 Å². The van der Waals surface area contributed by atoms with Crippen LogP contribution in [0.5, 0.6) is 0 Å². The van der Waals surface area contributed by atoms with Gasteiger partial charge in [-0.2, -0.15) is 5.26 Å². The highest BCUT2D eigenvalue weighted by atomic mass is 16.5. The summed E-state index contributed by atoms with van der Waals surface area (Å²) in [7, 11) is 0. The molecule has 1 N–H and O–H groups in total. The number of nitrogens with zero attached hydrogens (tertiary/aromatic N) is 1. The van der Waals surface area contributed by atoms with Crippen molar-refractivity contribution in [2.24, 2.45) is 0 Å². The summed E-state index contributed by atoms with van der Waals surface area (Å²) in [6, 6.07) is 8.57. The molecule has 0 aliphatic carbocycles. The summed E-state index contributed by atoms with van der Waals surface area (Å²) in [4.78, 5) is 22.3. The Bertz CT molecular complexity index is 539. The fourth-order valence-corrected chi connectivity index (χ4v) is 1.38. The molecule has 1 aromatic rings. The minimum absolute atomic E-state index is 0.0610. The first-order chi connectivity index (χ1) is 9.06. The van der Waals surface area contributed by atoms with Crippen LogP contribution in [0.4, 0.5) is 5.69 Å². The van der Waals surface area contributed by atoms with Gasteiger partial charge in [-0.3, -0.25) is 4.79 Å². The van der Waals surface area contributed by atoms with Gasteiger partial charge in [0.25, 0.3) is 0 Å². The van der Waals surface area contributed by atoms with Gasteiger partial charge in [-0.05, 0) is 30.7 Å². The quantitative estimate of drug-likeness (QED) is 0.509. The fourth-order valence-electron chi connectivity index (χ4n) is 1.38. The molecule has 0 aromatic heterocycles. The van der Waals surface area contributed by atoms with Gasteiger partial charge in [-0.15, -0.1) is 0 Å². The summed E-state index contributed by atoms with van der Waals surface area (Å²) in [6.45, 7) is 3.32. The molecule has 0 aliphatic rings. The van der Waals surface area contributed by atoms with Crippen molar-refractivity contribution in [3.63, 3.8) is 0 Å². The predicted molar refractivity (Wildman–Crippen MR) is 71.0 cm³/mol. The molecule has 1 rings (SSSR count). The maximum absolute atomic E-state index is 11.4. The maximum Gasteiger partial charge on any atom is 0.348 e. The first-order valence-electron chi connectivity index (χ1n) is 5.73. The largest absolute Gasteiger partial charge is 0.462 e. The molecule has 98 valence electrons. The predicted octanol–water partition coefficient (Wildman–Crippen LogP) is 2.12. The smallest absolute Gasteiger partial charge is 0.348 e. The van der Waals surface area contributed by atoms with Crippen molar-refractivity contribution in [1.82, 2.24) is 0 Å². The zero-order chi connectivity index (χ0) is 14.3. The number of ether oxygens (including phenoxy) is 1. The Balaban J connectivity index is 2.88. The number of anilines is 1. The lowest BCUT2D eigenvalue weighted by atomic mass is 10.1. The first kappa shape index (κ1) is 14.5. The van der Waals surface area contributed by atoms with Gasteiger partial charge in [0, 0.05) is 12.6 Å². The summed E-state index contributed by atoms with van der Waals surface area (Å²) >= 11 is 0. The molecule has 0 radical (unpaired) electrons. The molecular weight excluding hydrogens is 244 g/mol. The second-order valence-corrected chi connectivity index (χ2v) is 3.69. The highest BCUT2D eigenvalue weighted by Gasteiger charge is 2.09. The third-order valence-corrected chi connectivity index (χ3v) is 2.16. The number of carbonyl (C=O) groups excluding carboxylic acids is 2. The molecule has 5 heteroatoms. The van der Waals surface area contributed by atoms with E-state index >= 15 is 0 Å². The minimum Gasteiger partial charge on any atom is -0.462 e. The van der Waals surface area contributed by atoms with Gasteiger partial charge in [0.1, 0.15) is 11.6 Å². The fraction of sp³-hybridized carbons (Fsp3) is 0.214. The summed E-state index contributed by atoms with van der Waals surface area (Å²) in [5.74, 6) is -0.802. The van der Waals surface area contributed by atoms with E-state index in [2.05, 4.69) is 5.32 Å². The molecule has 0 unspecified atom stereocenters. The van der Waals surface area contributed by atoms with Crippen molar-refractivity contribution >= 4 is 23.6 Å². The van der Waals surface area contributed by atoms with Crippen molar-refractivity contribution in [1.29, 1.82) is 5.26 Å². The lowest BCUT2D eigenvalue weighted by Gasteiger charge is -2.03. The van der Waals surface area contributed by atoms with Gasteiger partial charge < -0.3 is 10.1 Å². The highest BCUT2D eigenvalue weighted by Crippen LogP contribution is 2.13. The number of carbonyl (C=O) groups is 2. The average Bonchev–Trinajstić information content (AvgIpc) is 2.37. The molecule has 1 amide bonds. The Morgan fingerprint density at radius 2 is 2.00 bits per heavy atom. The van der Waals surface area contributed by atoms with Crippen molar-refractivity contribution < 1.29 is 14.3 Å². The third-order valence-electron chi connectivity index (χ3n) is 2.16. The van der Waals surface area contributed by atoms with Crippen LogP contribution in [0.2, 0.25) is 0 Å². The number of rotatable bonds is 4. The highest BCUT2D eigenvalue weighted by molar-refractivity contribution is 5.98. The van der Waals surface area contributed by atoms with E-state index in [0.29, 0.717) is 11.3 Å². The minimum atomic E-state index is -0.643. The van der Waals surface area contributed by atoms with Crippen LogP contribution in [-0.2, 0) is 14.3 Å². The summed E-state index contributed by atoms with van der Waals surface area (Å²) in [5, 5.41) is 11.5. The summed E-state index contributed by atoms with van der Waals surface area (Å²) in [6.07, 6.45) is 1.44. The van der Waals surface area contributed by atoms with E-state index in [4.69, 9.17) is 10.00 Å². The standard InChI is InChI=1S/C14H14N2O3/c1-3-19-14(18)12(9-15)8-11-4-6-13(7-5-11)16-10(2)17/h4-8H,3H2,1-2H3,(H,16,17)/b12-8+. The van der Waals surface area contributed by atoms with E-state index in [1.807, 2.05) is 0 Å². The molecule has 0 heterocycles. The van der Waals surface area contributed by atoms with E-state index in [-0.39, 0.29) is 18.1 Å². The van der Waals surface area contributed by atoms with Crippen molar-refractivity contribution in [3.8, 4) is 6.07 Å². The van der Waals surface area contributed by atoms with Gasteiger partial charge in [0.05, 0.1) is 6.61 Å². The van der Waals surface area contributed by atoms with Gasteiger partial charge in [0.2, 0.25) is 5.91 Å². The van der Waals surface area contributed by atoms with E-state index in [1.165, 1.54) is 13.0 Å². The van der Waals surface area contributed by atoms with Crippen molar-refractivity contribution in [2.75, 3.05) is 11.9 Å². The second kappa shape index (κ2) is 6.97. The molecule has 0 spiro atoms. The van der Waals surface area contributed by atoms with Gasteiger partial charge in [-0.25, -0.2) is 4.79 Å². The summed E-state index contributed by atoms with van der Waals surface area (Å²) < 4.78 is 4.76. The van der Waals surface area contributed by atoms with Crippen LogP contribution in [0.25, 0.3) is 6.08 Å². The van der Waals surface area contributed by atoms with Gasteiger partial charge in [-0.1, -0.05) is 12.1 Å². The monoisotopic (exact) mass is 258 g/mol. The van der Waals surface area contributed by atoms with Gasteiger partial charge >= 0.3 is 5.97 Å². The molecule has 5 nitrogen and oxygen atoms in total.